The van der Waals surface area contributed by atoms with Crippen molar-refractivity contribution in [3.05, 3.63) is 23.3 Å². The summed E-state index contributed by atoms with van der Waals surface area (Å²) in [5, 5.41) is 0. The van der Waals surface area contributed by atoms with Crippen molar-refractivity contribution in [2.24, 2.45) is 5.73 Å². The van der Waals surface area contributed by atoms with Crippen molar-refractivity contribution in [1.29, 1.82) is 0 Å². The third-order valence-corrected chi connectivity index (χ3v) is 2.70. The zero-order valence-corrected chi connectivity index (χ0v) is 10.9. The predicted octanol–water partition coefficient (Wildman–Crippen LogP) is 1.62. The molecular formula is C13H20N2O2. The van der Waals surface area contributed by atoms with Crippen molar-refractivity contribution in [3.8, 4) is 5.75 Å². The van der Waals surface area contributed by atoms with Crippen molar-refractivity contribution in [3.63, 3.8) is 0 Å². The molecule has 0 aromatic heterocycles. The van der Waals surface area contributed by atoms with Gasteiger partial charge in [-0.05, 0) is 44.0 Å². The van der Waals surface area contributed by atoms with Crippen LogP contribution in [-0.2, 0) is 4.79 Å². The molecule has 1 rings (SSSR count). The summed E-state index contributed by atoms with van der Waals surface area (Å²) >= 11 is 0. The smallest absolute Gasteiger partial charge is 0.240 e. The monoisotopic (exact) mass is 236 g/mol. The first-order valence-electron chi connectivity index (χ1n) is 5.71. The van der Waals surface area contributed by atoms with Gasteiger partial charge in [0.05, 0.1) is 13.2 Å². The maximum absolute atomic E-state index is 11.6. The molecule has 0 saturated carbocycles. The lowest BCUT2D eigenvalue weighted by molar-refractivity contribution is -0.117. The van der Waals surface area contributed by atoms with Crippen LogP contribution in [0.5, 0.6) is 5.75 Å². The largest absolute Gasteiger partial charge is 0.494 e. The third kappa shape index (κ3) is 2.97. The first kappa shape index (κ1) is 13.5. The van der Waals surface area contributed by atoms with E-state index >= 15 is 0 Å². The van der Waals surface area contributed by atoms with Crippen LogP contribution in [0.1, 0.15) is 18.1 Å². The van der Waals surface area contributed by atoms with Crippen molar-refractivity contribution >= 4 is 11.6 Å². The molecule has 1 amide bonds. The second-order valence-electron chi connectivity index (χ2n) is 3.99. The SMILES string of the molecule is CCOc1cc(C)c(N(C)C(=O)CN)cc1C. The van der Waals surface area contributed by atoms with Crippen LogP contribution in [0.4, 0.5) is 5.69 Å². The molecule has 1 aromatic carbocycles. The average Bonchev–Trinajstić information content (AvgIpc) is 2.31. The fraction of sp³-hybridized carbons (Fsp3) is 0.462. The maximum Gasteiger partial charge on any atom is 0.240 e. The second-order valence-corrected chi connectivity index (χ2v) is 3.99. The third-order valence-electron chi connectivity index (χ3n) is 2.70. The Balaban J connectivity index is 3.10. The minimum absolute atomic E-state index is 0.0161. The van der Waals surface area contributed by atoms with Crippen molar-refractivity contribution < 1.29 is 9.53 Å². The van der Waals surface area contributed by atoms with Gasteiger partial charge >= 0.3 is 0 Å². The van der Waals surface area contributed by atoms with Crippen LogP contribution < -0.4 is 15.4 Å². The van der Waals surface area contributed by atoms with Gasteiger partial charge in [-0.3, -0.25) is 4.79 Å². The number of hydrogen-bond acceptors (Lipinski definition) is 3. The number of likely N-dealkylation sites (N-methyl/N-ethyl adjacent to an activating group) is 1. The van der Waals surface area contributed by atoms with E-state index in [9.17, 15) is 4.79 Å². The summed E-state index contributed by atoms with van der Waals surface area (Å²) < 4.78 is 5.51. The minimum Gasteiger partial charge on any atom is -0.494 e. The van der Waals surface area contributed by atoms with Crippen LogP contribution in [0.2, 0.25) is 0 Å². The summed E-state index contributed by atoms with van der Waals surface area (Å²) in [7, 11) is 1.73. The molecule has 0 aliphatic heterocycles. The molecule has 0 heterocycles. The fourth-order valence-corrected chi connectivity index (χ4v) is 1.72. The van der Waals surface area contributed by atoms with E-state index in [1.54, 1.807) is 11.9 Å². The number of ether oxygens (including phenoxy) is 1. The molecule has 0 aliphatic rings. The number of hydrogen-bond donors (Lipinski definition) is 1. The van der Waals surface area contributed by atoms with Crippen LogP contribution in [0, 0.1) is 13.8 Å². The summed E-state index contributed by atoms with van der Waals surface area (Å²) in [4.78, 5) is 13.1. The molecule has 0 saturated heterocycles. The van der Waals surface area contributed by atoms with Gasteiger partial charge in [0, 0.05) is 12.7 Å². The number of carbonyl (C=O) groups excluding carboxylic acids is 1. The Kier molecular flexibility index (Phi) is 4.52. The number of rotatable bonds is 4. The standard InChI is InChI=1S/C13H20N2O2/c1-5-17-12-7-9(2)11(6-10(12)3)15(4)13(16)8-14/h6-7H,5,8,14H2,1-4H3. The molecule has 0 bridgehead atoms. The first-order chi connectivity index (χ1) is 8.01. The molecule has 0 radical (unpaired) electrons. The van der Waals surface area contributed by atoms with E-state index in [-0.39, 0.29) is 12.5 Å². The molecular weight excluding hydrogens is 216 g/mol. The molecule has 0 aliphatic carbocycles. The second kappa shape index (κ2) is 5.68. The number of amides is 1. The van der Waals surface area contributed by atoms with Crippen molar-refractivity contribution in [2.45, 2.75) is 20.8 Å². The van der Waals surface area contributed by atoms with E-state index in [2.05, 4.69) is 0 Å². The van der Waals surface area contributed by atoms with E-state index < -0.39 is 0 Å². The quantitative estimate of drug-likeness (QED) is 0.864. The Morgan fingerprint density at radius 3 is 2.53 bits per heavy atom. The van der Waals surface area contributed by atoms with E-state index in [0.717, 1.165) is 22.6 Å². The summed E-state index contributed by atoms with van der Waals surface area (Å²) in [6.07, 6.45) is 0. The average molecular weight is 236 g/mol. The van der Waals surface area contributed by atoms with E-state index in [1.807, 2.05) is 32.9 Å². The van der Waals surface area contributed by atoms with Crippen molar-refractivity contribution in [2.75, 3.05) is 25.1 Å². The summed E-state index contributed by atoms with van der Waals surface area (Å²) in [6, 6.07) is 3.91. The van der Waals surface area contributed by atoms with Gasteiger partial charge in [0.2, 0.25) is 5.91 Å². The van der Waals surface area contributed by atoms with Gasteiger partial charge in [0.25, 0.3) is 0 Å². The zero-order valence-electron chi connectivity index (χ0n) is 10.9. The van der Waals surface area contributed by atoms with Gasteiger partial charge in [-0.15, -0.1) is 0 Å². The highest BCUT2D eigenvalue weighted by Crippen LogP contribution is 2.28. The van der Waals surface area contributed by atoms with E-state index in [4.69, 9.17) is 10.5 Å². The van der Waals surface area contributed by atoms with Gasteiger partial charge in [0.15, 0.2) is 0 Å². The summed E-state index contributed by atoms with van der Waals surface area (Å²) in [5.41, 5.74) is 8.26. The Bertz CT molecular complexity index is 416. The van der Waals surface area contributed by atoms with Gasteiger partial charge in [-0.25, -0.2) is 0 Å². The molecule has 2 N–H and O–H groups in total. The van der Waals surface area contributed by atoms with Crippen LogP contribution in [0.3, 0.4) is 0 Å². The normalized spacial score (nSPS) is 10.2. The van der Waals surface area contributed by atoms with Gasteiger partial charge in [-0.2, -0.15) is 0 Å². The highest BCUT2D eigenvalue weighted by Gasteiger charge is 2.13. The number of anilines is 1. The van der Waals surface area contributed by atoms with Gasteiger partial charge in [0.1, 0.15) is 5.75 Å². The number of nitrogens with zero attached hydrogens (tertiary/aromatic N) is 1. The molecule has 1 aromatic rings. The minimum atomic E-state index is -0.100. The fourth-order valence-electron chi connectivity index (χ4n) is 1.72. The summed E-state index contributed by atoms with van der Waals surface area (Å²) in [5.74, 6) is 0.763. The number of carbonyl (C=O) groups is 1. The van der Waals surface area contributed by atoms with Crippen LogP contribution >= 0.6 is 0 Å². The first-order valence-corrected chi connectivity index (χ1v) is 5.71. The molecule has 0 atom stereocenters. The maximum atomic E-state index is 11.6. The lowest BCUT2D eigenvalue weighted by atomic mass is 10.1. The van der Waals surface area contributed by atoms with Crippen LogP contribution in [0.15, 0.2) is 12.1 Å². The Morgan fingerprint density at radius 2 is 2.00 bits per heavy atom. The molecule has 4 nitrogen and oxygen atoms in total. The molecule has 0 spiro atoms. The molecule has 0 fully saturated rings. The number of aryl methyl sites for hydroxylation is 2. The van der Waals surface area contributed by atoms with Crippen molar-refractivity contribution in [1.82, 2.24) is 0 Å². The zero-order chi connectivity index (χ0) is 13.0. The van der Waals surface area contributed by atoms with Gasteiger partial charge < -0.3 is 15.4 Å². The number of nitrogens with two attached hydrogens (primary N) is 1. The molecule has 0 unspecified atom stereocenters. The Hall–Kier alpha value is -1.55. The Labute approximate surface area is 102 Å². The Morgan fingerprint density at radius 1 is 1.35 bits per heavy atom. The summed E-state index contributed by atoms with van der Waals surface area (Å²) in [6.45, 7) is 6.53. The van der Waals surface area contributed by atoms with E-state index in [0.29, 0.717) is 6.61 Å². The predicted molar refractivity (Wildman–Crippen MR) is 69.5 cm³/mol. The van der Waals surface area contributed by atoms with E-state index in [1.165, 1.54) is 0 Å². The lowest BCUT2D eigenvalue weighted by Crippen LogP contribution is -2.33. The van der Waals surface area contributed by atoms with Gasteiger partial charge in [-0.1, -0.05) is 0 Å². The topological polar surface area (TPSA) is 55.6 Å². The lowest BCUT2D eigenvalue weighted by Gasteiger charge is -2.20. The number of benzene rings is 1. The molecule has 4 heteroatoms. The highest BCUT2D eigenvalue weighted by molar-refractivity contribution is 5.95. The highest BCUT2D eigenvalue weighted by atomic mass is 16.5. The van der Waals surface area contributed by atoms with Crippen LogP contribution in [0.25, 0.3) is 0 Å². The van der Waals surface area contributed by atoms with Crippen LogP contribution in [-0.4, -0.2) is 26.1 Å². The molecule has 17 heavy (non-hydrogen) atoms. The molecule has 94 valence electrons.